The molecule has 0 spiro atoms. The summed E-state index contributed by atoms with van der Waals surface area (Å²) < 4.78 is 36.3. The number of nitrogens with zero attached hydrogens (tertiary/aromatic N) is 2. The van der Waals surface area contributed by atoms with E-state index in [1.807, 2.05) is 66.2 Å². The van der Waals surface area contributed by atoms with Gasteiger partial charge in [-0.2, -0.15) is 4.72 Å². The average Bonchev–Trinajstić information content (AvgIpc) is 3.09. The number of methoxy groups -OCH3 is 1. The molecule has 0 bridgehead atoms. The molecule has 0 fully saturated rings. The van der Waals surface area contributed by atoms with E-state index in [0.717, 1.165) is 16.6 Å². The Morgan fingerprint density at radius 3 is 2.40 bits per heavy atom. The molecule has 0 aliphatic heterocycles. The van der Waals surface area contributed by atoms with Crippen molar-refractivity contribution in [2.75, 3.05) is 7.11 Å². The number of hydrogen-bond donors (Lipinski definition) is 1. The van der Waals surface area contributed by atoms with Gasteiger partial charge >= 0.3 is 0 Å². The normalized spacial score (nSPS) is 12.8. The molecule has 1 heterocycles. The number of imidazole rings is 1. The summed E-state index contributed by atoms with van der Waals surface area (Å²) in [6.45, 7) is 0. The van der Waals surface area contributed by atoms with Gasteiger partial charge in [0.15, 0.2) is 0 Å². The number of nitrogens with one attached hydrogen (secondary N) is 1. The maximum atomic E-state index is 13.2. The first-order valence-electron chi connectivity index (χ1n) is 9.23. The predicted octanol–water partition coefficient (Wildman–Crippen LogP) is 4.30. The Morgan fingerprint density at radius 1 is 1.03 bits per heavy atom. The second-order valence-corrected chi connectivity index (χ2v) is 8.90. The fourth-order valence-corrected chi connectivity index (χ4v) is 4.91. The number of aryl methyl sites for hydroxylation is 1. The van der Waals surface area contributed by atoms with Crippen LogP contribution in [0.15, 0.2) is 77.7 Å². The summed E-state index contributed by atoms with van der Waals surface area (Å²) in [5, 5.41) is 0.222. The van der Waals surface area contributed by atoms with Crippen LogP contribution in [0.4, 0.5) is 0 Å². The minimum atomic E-state index is -3.90. The van der Waals surface area contributed by atoms with Crippen molar-refractivity contribution in [3.8, 4) is 5.75 Å². The lowest BCUT2D eigenvalue weighted by atomic mass is 10.1. The van der Waals surface area contributed by atoms with Crippen molar-refractivity contribution < 1.29 is 13.2 Å². The molecule has 1 atom stereocenters. The highest BCUT2D eigenvalue weighted by atomic mass is 35.5. The molecule has 6 nitrogen and oxygen atoms in total. The Labute approximate surface area is 180 Å². The highest BCUT2D eigenvalue weighted by Gasteiger charge is 2.27. The number of fused-ring (bicyclic) bond motifs is 1. The third kappa shape index (κ3) is 3.79. The largest absolute Gasteiger partial charge is 0.495 e. The van der Waals surface area contributed by atoms with Gasteiger partial charge in [0.2, 0.25) is 10.0 Å². The van der Waals surface area contributed by atoms with Crippen LogP contribution in [0.25, 0.3) is 11.0 Å². The van der Waals surface area contributed by atoms with E-state index in [9.17, 15) is 8.42 Å². The van der Waals surface area contributed by atoms with Gasteiger partial charge in [0.05, 0.1) is 28.1 Å². The molecular formula is C22H20ClN3O3S. The first-order valence-corrected chi connectivity index (χ1v) is 11.1. The zero-order valence-electron chi connectivity index (χ0n) is 16.4. The molecule has 1 N–H and O–H groups in total. The van der Waals surface area contributed by atoms with Crippen molar-refractivity contribution in [2.24, 2.45) is 7.05 Å². The van der Waals surface area contributed by atoms with Crippen molar-refractivity contribution >= 4 is 32.7 Å². The smallest absolute Gasteiger partial charge is 0.241 e. The third-order valence-corrected chi connectivity index (χ3v) is 6.64. The van der Waals surface area contributed by atoms with Crippen LogP contribution in [-0.4, -0.2) is 25.1 Å². The summed E-state index contributed by atoms with van der Waals surface area (Å²) >= 11 is 6.15. The van der Waals surface area contributed by atoms with E-state index in [1.54, 1.807) is 0 Å². The number of ether oxygens (including phenoxy) is 1. The summed E-state index contributed by atoms with van der Waals surface area (Å²) in [4.78, 5) is 4.75. The van der Waals surface area contributed by atoms with Gasteiger partial charge in [0.25, 0.3) is 0 Å². The molecule has 30 heavy (non-hydrogen) atoms. The molecule has 0 amide bonds. The molecule has 3 aromatic carbocycles. The lowest BCUT2D eigenvalue weighted by Gasteiger charge is -2.19. The molecule has 0 aliphatic rings. The number of benzene rings is 3. The lowest BCUT2D eigenvalue weighted by molar-refractivity contribution is 0.414. The zero-order chi connectivity index (χ0) is 21.3. The van der Waals surface area contributed by atoms with Gasteiger partial charge in [0.1, 0.15) is 17.6 Å². The van der Waals surface area contributed by atoms with Crippen molar-refractivity contribution in [3.05, 3.63) is 89.2 Å². The lowest BCUT2D eigenvalue weighted by Crippen LogP contribution is -2.31. The van der Waals surface area contributed by atoms with Crippen molar-refractivity contribution in [2.45, 2.75) is 10.9 Å². The van der Waals surface area contributed by atoms with Crippen LogP contribution >= 0.6 is 11.6 Å². The molecule has 1 aromatic heterocycles. The quantitative estimate of drug-likeness (QED) is 0.484. The Bertz CT molecular complexity index is 1300. The van der Waals surface area contributed by atoms with Crippen molar-refractivity contribution in [3.63, 3.8) is 0 Å². The first-order chi connectivity index (χ1) is 14.4. The molecule has 0 aliphatic carbocycles. The average molecular weight is 442 g/mol. The molecule has 4 rings (SSSR count). The topological polar surface area (TPSA) is 73.2 Å². The van der Waals surface area contributed by atoms with Gasteiger partial charge in [-0.05, 0) is 35.9 Å². The summed E-state index contributed by atoms with van der Waals surface area (Å²) in [6.07, 6.45) is 0. The van der Waals surface area contributed by atoms with E-state index >= 15 is 0 Å². The second kappa shape index (κ2) is 8.10. The van der Waals surface area contributed by atoms with E-state index in [0.29, 0.717) is 11.6 Å². The number of aromatic nitrogens is 2. The van der Waals surface area contributed by atoms with Crippen LogP contribution in [-0.2, 0) is 17.1 Å². The minimum Gasteiger partial charge on any atom is -0.495 e. The molecule has 154 valence electrons. The van der Waals surface area contributed by atoms with E-state index in [1.165, 1.54) is 25.3 Å². The van der Waals surface area contributed by atoms with Crippen LogP contribution < -0.4 is 9.46 Å². The van der Waals surface area contributed by atoms with Gasteiger partial charge in [-0.15, -0.1) is 0 Å². The van der Waals surface area contributed by atoms with Crippen LogP contribution in [0, 0.1) is 0 Å². The number of para-hydroxylation sites is 2. The highest BCUT2D eigenvalue weighted by Crippen LogP contribution is 2.30. The van der Waals surface area contributed by atoms with Gasteiger partial charge in [0, 0.05) is 7.05 Å². The molecule has 0 radical (unpaired) electrons. The molecule has 0 saturated heterocycles. The van der Waals surface area contributed by atoms with Crippen molar-refractivity contribution in [1.29, 1.82) is 0 Å². The summed E-state index contributed by atoms with van der Waals surface area (Å²) in [5.41, 5.74) is 2.49. The molecule has 8 heteroatoms. The van der Waals surface area contributed by atoms with E-state index in [-0.39, 0.29) is 9.92 Å². The molecule has 4 aromatic rings. The summed E-state index contributed by atoms with van der Waals surface area (Å²) in [6, 6.07) is 20.7. The van der Waals surface area contributed by atoms with Crippen LogP contribution in [0.2, 0.25) is 5.02 Å². The standard InChI is InChI=1S/C22H20ClN3O3S/c1-26-19-11-7-6-10-18(19)24-22(26)21(15-8-4-3-5-9-15)25-30(27,28)16-12-13-20(29-2)17(23)14-16/h3-14,21,25H,1-2H3. The van der Waals surface area contributed by atoms with Crippen LogP contribution in [0.3, 0.4) is 0 Å². The fourth-order valence-electron chi connectivity index (χ4n) is 3.38. The van der Waals surface area contributed by atoms with Gasteiger partial charge in [-0.1, -0.05) is 54.1 Å². The van der Waals surface area contributed by atoms with E-state index in [2.05, 4.69) is 4.72 Å². The minimum absolute atomic E-state index is 0.0491. The Morgan fingerprint density at radius 2 is 1.73 bits per heavy atom. The number of halogens is 1. The fraction of sp³-hybridized carbons (Fsp3) is 0.136. The Kier molecular flexibility index (Phi) is 5.51. The van der Waals surface area contributed by atoms with Gasteiger partial charge < -0.3 is 9.30 Å². The summed E-state index contributed by atoms with van der Waals surface area (Å²) in [5.74, 6) is 0.996. The highest BCUT2D eigenvalue weighted by molar-refractivity contribution is 7.89. The monoisotopic (exact) mass is 441 g/mol. The summed E-state index contributed by atoms with van der Waals surface area (Å²) in [7, 11) is -0.550. The van der Waals surface area contributed by atoms with Gasteiger partial charge in [-0.25, -0.2) is 13.4 Å². The molecule has 1 unspecified atom stereocenters. The maximum Gasteiger partial charge on any atom is 0.241 e. The second-order valence-electron chi connectivity index (χ2n) is 6.78. The Balaban J connectivity index is 1.81. The SMILES string of the molecule is COc1ccc(S(=O)(=O)NC(c2ccccc2)c2nc3ccccc3n2C)cc1Cl. The first kappa shape index (κ1) is 20.4. The maximum absolute atomic E-state index is 13.2. The predicted molar refractivity (Wildman–Crippen MR) is 117 cm³/mol. The van der Waals surface area contributed by atoms with E-state index < -0.39 is 16.1 Å². The van der Waals surface area contributed by atoms with Crippen molar-refractivity contribution in [1.82, 2.24) is 14.3 Å². The molecular weight excluding hydrogens is 422 g/mol. The number of rotatable bonds is 6. The number of hydrogen-bond acceptors (Lipinski definition) is 4. The van der Waals surface area contributed by atoms with Gasteiger partial charge in [-0.3, -0.25) is 0 Å². The van der Waals surface area contributed by atoms with Crippen LogP contribution in [0.1, 0.15) is 17.4 Å². The molecule has 0 saturated carbocycles. The van der Waals surface area contributed by atoms with Crippen LogP contribution in [0.5, 0.6) is 5.75 Å². The zero-order valence-corrected chi connectivity index (χ0v) is 18.0. The third-order valence-electron chi connectivity index (χ3n) is 4.92. The number of sulfonamides is 1. The van der Waals surface area contributed by atoms with E-state index in [4.69, 9.17) is 21.3 Å². The Hall–Kier alpha value is -2.87.